The molecule has 0 aliphatic rings. The van der Waals surface area contributed by atoms with Crippen LogP contribution in [-0.2, 0) is 9.53 Å². The van der Waals surface area contributed by atoms with Crippen LogP contribution in [0.1, 0.15) is 39.5 Å². The van der Waals surface area contributed by atoms with Crippen molar-refractivity contribution in [1.29, 1.82) is 0 Å². The van der Waals surface area contributed by atoms with Gasteiger partial charge in [0.25, 0.3) is 0 Å². The first-order valence-corrected chi connectivity index (χ1v) is 4.12. The van der Waals surface area contributed by atoms with Gasteiger partial charge in [0, 0.05) is 6.42 Å². The molecule has 0 amide bonds. The molecule has 11 heavy (non-hydrogen) atoms. The fraction of sp³-hybridized carbons (Fsp3) is 0.667. The van der Waals surface area contributed by atoms with Crippen molar-refractivity contribution in [3.63, 3.8) is 0 Å². The summed E-state index contributed by atoms with van der Waals surface area (Å²) in [4.78, 5) is 10.8. The molecule has 0 aliphatic carbocycles. The van der Waals surface area contributed by atoms with Crippen molar-refractivity contribution < 1.29 is 9.53 Å². The van der Waals surface area contributed by atoms with Crippen molar-refractivity contribution >= 4 is 5.97 Å². The average Bonchev–Trinajstić information content (AvgIpc) is 2.01. The Hall–Kier alpha value is -0.790. The Morgan fingerprint density at radius 3 is 2.73 bits per heavy atom. The Balaban J connectivity index is 3.23. The fourth-order valence-corrected chi connectivity index (χ4v) is 0.722. The topological polar surface area (TPSA) is 26.3 Å². The minimum atomic E-state index is -0.128. The van der Waals surface area contributed by atoms with Gasteiger partial charge in [-0.2, -0.15) is 0 Å². The first-order valence-electron chi connectivity index (χ1n) is 4.12. The summed E-state index contributed by atoms with van der Waals surface area (Å²) < 4.78 is 4.72. The summed E-state index contributed by atoms with van der Waals surface area (Å²) in [6.07, 6.45) is 6.85. The van der Waals surface area contributed by atoms with Gasteiger partial charge in [0.2, 0.25) is 0 Å². The highest BCUT2D eigenvalue weighted by molar-refractivity contribution is 5.69. The number of esters is 1. The van der Waals surface area contributed by atoms with E-state index in [0.717, 1.165) is 19.3 Å². The third-order valence-electron chi connectivity index (χ3n) is 1.32. The van der Waals surface area contributed by atoms with Crippen LogP contribution in [0.4, 0.5) is 0 Å². The molecule has 0 unspecified atom stereocenters. The van der Waals surface area contributed by atoms with Crippen molar-refractivity contribution in [2.24, 2.45) is 0 Å². The van der Waals surface area contributed by atoms with E-state index in [1.54, 1.807) is 6.08 Å². The highest BCUT2D eigenvalue weighted by Crippen LogP contribution is 2.00. The molecule has 0 heterocycles. The summed E-state index contributed by atoms with van der Waals surface area (Å²) in [6.45, 7) is 3.93. The number of unbranched alkanes of at least 4 members (excludes halogenated alkanes) is 2. The van der Waals surface area contributed by atoms with E-state index >= 15 is 0 Å². The molecular weight excluding hydrogens is 140 g/mol. The van der Waals surface area contributed by atoms with Crippen LogP contribution in [0, 0.1) is 0 Å². The Labute approximate surface area is 68.2 Å². The summed E-state index contributed by atoms with van der Waals surface area (Å²) in [5.74, 6) is -0.128. The van der Waals surface area contributed by atoms with Gasteiger partial charge in [-0.25, -0.2) is 0 Å². The van der Waals surface area contributed by atoms with Crippen LogP contribution in [0.5, 0.6) is 0 Å². The average molecular weight is 156 g/mol. The zero-order chi connectivity index (χ0) is 8.53. The smallest absolute Gasteiger partial charge is 0.310 e. The maximum absolute atomic E-state index is 10.8. The first-order chi connectivity index (χ1) is 5.31. The van der Waals surface area contributed by atoms with Gasteiger partial charge in [-0.05, 0) is 13.3 Å². The van der Waals surface area contributed by atoms with Gasteiger partial charge >= 0.3 is 5.97 Å². The molecule has 2 heteroatoms. The van der Waals surface area contributed by atoms with Crippen molar-refractivity contribution in [1.82, 2.24) is 0 Å². The third-order valence-corrected chi connectivity index (χ3v) is 1.32. The lowest BCUT2D eigenvalue weighted by molar-refractivity contribution is -0.138. The molecule has 0 N–H and O–H groups in total. The van der Waals surface area contributed by atoms with Gasteiger partial charge in [0.15, 0.2) is 0 Å². The van der Waals surface area contributed by atoms with Gasteiger partial charge in [-0.1, -0.05) is 25.8 Å². The highest BCUT2D eigenvalue weighted by Gasteiger charge is 1.98. The lowest BCUT2D eigenvalue weighted by Crippen LogP contribution is -1.98. The van der Waals surface area contributed by atoms with Crippen LogP contribution < -0.4 is 0 Å². The van der Waals surface area contributed by atoms with Gasteiger partial charge in [-0.3, -0.25) is 4.79 Å². The molecule has 0 aromatic carbocycles. The molecule has 0 radical (unpaired) electrons. The number of rotatable bonds is 5. The van der Waals surface area contributed by atoms with Crippen LogP contribution >= 0.6 is 0 Å². The standard InChI is InChI=1S/C9H16O2/c1-3-5-6-7-9(10)11-8-4-2/h4,8H,3,5-7H2,1-2H3/b8-4-. The minimum Gasteiger partial charge on any atom is -0.435 e. The van der Waals surface area contributed by atoms with Crippen LogP contribution in [0.3, 0.4) is 0 Å². The Bertz CT molecular complexity index is 128. The van der Waals surface area contributed by atoms with Crippen LogP contribution in [-0.4, -0.2) is 5.97 Å². The van der Waals surface area contributed by atoms with E-state index in [0.29, 0.717) is 6.42 Å². The molecular formula is C9H16O2. The first kappa shape index (κ1) is 10.2. The fourth-order valence-electron chi connectivity index (χ4n) is 0.722. The minimum absolute atomic E-state index is 0.128. The zero-order valence-electron chi connectivity index (χ0n) is 7.30. The monoisotopic (exact) mass is 156 g/mol. The summed E-state index contributed by atoms with van der Waals surface area (Å²) >= 11 is 0. The van der Waals surface area contributed by atoms with E-state index in [-0.39, 0.29) is 5.97 Å². The SMILES string of the molecule is C/C=C\OC(=O)CCCCC. The molecule has 2 nitrogen and oxygen atoms in total. The Morgan fingerprint density at radius 2 is 2.18 bits per heavy atom. The largest absolute Gasteiger partial charge is 0.435 e. The maximum Gasteiger partial charge on any atom is 0.310 e. The number of ether oxygens (including phenoxy) is 1. The summed E-state index contributed by atoms with van der Waals surface area (Å²) in [5, 5.41) is 0. The molecule has 0 aromatic heterocycles. The quantitative estimate of drug-likeness (QED) is 0.347. The molecule has 0 rings (SSSR count). The predicted molar refractivity (Wildman–Crippen MR) is 45.0 cm³/mol. The van der Waals surface area contributed by atoms with Crippen molar-refractivity contribution in [3.05, 3.63) is 12.3 Å². The van der Waals surface area contributed by atoms with Crippen LogP contribution in [0.15, 0.2) is 12.3 Å². The molecule has 0 saturated heterocycles. The second-order valence-electron chi connectivity index (χ2n) is 2.42. The summed E-state index contributed by atoms with van der Waals surface area (Å²) in [7, 11) is 0. The highest BCUT2D eigenvalue weighted by atomic mass is 16.5. The lowest BCUT2D eigenvalue weighted by atomic mass is 10.2. The van der Waals surface area contributed by atoms with Gasteiger partial charge < -0.3 is 4.74 Å². The van der Waals surface area contributed by atoms with E-state index in [9.17, 15) is 4.79 Å². The molecule has 0 fully saturated rings. The summed E-state index contributed by atoms with van der Waals surface area (Å²) in [6, 6.07) is 0. The number of carbonyl (C=O) groups is 1. The normalized spacial score (nSPS) is 10.4. The second-order valence-corrected chi connectivity index (χ2v) is 2.42. The number of hydrogen-bond donors (Lipinski definition) is 0. The summed E-state index contributed by atoms with van der Waals surface area (Å²) in [5.41, 5.74) is 0. The van der Waals surface area contributed by atoms with Gasteiger partial charge in [0.05, 0.1) is 6.26 Å². The predicted octanol–water partition coefficient (Wildman–Crippen LogP) is 2.64. The Morgan fingerprint density at radius 1 is 1.45 bits per heavy atom. The van der Waals surface area contributed by atoms with Gasteiger partial charge in [-0.15, -0.1) is 0 Å². The van der Waals surface area contributed by atoms with Crippen molar-refractivity contribution in [3.8, 4) is 0 Å². The van der Waals surface area contributed by atoms with E-state index in [2.05, 4.69) is 6.92 Å². The molecule has 0 aliphatic heterocycles. The molecule has 0 bridgehead atoms. The molecule has 0 aromatic rings. The van der Waals surface area contributed by atoms with Crippen LogP contribution in [0.2, 0.25) is 0 Å². The van der Waals surface area contributed by atoms with E-state index < -0.39 is 0 Å². The maximum atomic E-state index is 10.8. The molecule has 0 saturated carbocycles. The van der Waals surface area contributed by atoms with Crippen molar-refractivity contribution in [2.75, 3.05) is 0 Å². The van der Waals surface area contributed by atoms with E-state index in [1.165, 1.54) is 6.26 Å². The zero-order valence-corrected chi connectivity index (χ0v) is 7.30. The van der Waals surface area contributed by atoms with E-state index in [1.807, 2.05) is 6.92 Å². The van der Waals surface area contributed by atoms with Crippen molar-refractivity contribution in [2.45, 2.75) is 39.5 Å². The lowest BCUT2D eigenvalue weighted by Gasteiger charge is -1.96. The van der Waals surface area contributed by atoms with E-state index in [4.69, 9.17) is 4.74 Å². The third kappa shape index (κ3) is 7.10. The van der Waals surface area contributed by atoms with Crippen LogP contribution in [0.25, 0.3) is 0 Å². The number of allylic oxidation sites excluding steroid dienone is 1. The molecule has 0 atom stereocenters. The molecule has 64 valence electrons. The number of hydrogen-bond acceptors (Lipinski definition) is 2. The molecule has 0 spiro atoms. The Kier molecular flexibility index (Phi) is 6.79. The number of carbonyl (C=O) groups excluding carboxylic acids is 1. The second kappa shape index (κ2) is 7.32. The van der Waals surface area contributed by atoms with Gasteiger partial charge in [0.1, 0.15) is 0 Å².